The van der Waals surface area contributed by atoms with Gasteiger partial charge in [0.15, 0.2) is 5.78 Å². The fourth-order valence-corrected chi connectivity index (χ4v) is 7.47. The average Bonchev–Trinajstić information content (AvgIpc) is 3.02. The normalized spacial score (nSPS) is 37.8. The molecule has 0 aliphatic heterocycles. The van der Waals surface area contributed by atoms with Crippen molar-refractivity contribution in [2.75, 3.05) is 0 Å². The molecule has 0 aromatic carbocycles. The van der Waals surface area contributed by atoms with Gasteiger partial charge in [-0.1, -0.05) is 69.7 Å². The van der Waals surface area contributed by atoms with Gasteiger partial charge in [-0.3, -0.25) is 4.79 Å². The van der Waals surface area contributed by atoms with Crippen molar-refractivity contribution in [3.8, 4) is 0 Å². The molecule has 0 aromatic heterocycles. The molecule has 3 rings (SSSR count). The maximum absolute atomic E-state index is 13.4. The first-order valence-corrected chi connectivity index (χ1v) is 12.6. The summed E-state index contributed by atoms with van der Waals surface area (Å²) in [6.45, 7) is 14.7. The zero-order chi connectivity index (χ0) is 25.5. The van der Waals surface area contributed by atoms with Crippen molar-refractivity contribution in [3.63, 3.8) is 0 Å². The number of hydrogen-bond donors (Lipinski definition) is 2. The van der Waals surface area contributed by atoms with Crippen molar-refractivity contribution in [3.05, 3.63) is 58.7 Å². The fraction of sp³-hybridized carbons (Fsp3) is 0.600. The number of ketones is 1. The van der Waals surface area contributed by atoms with Crippen molar-refractivity contribution in [2.24, 2.45) is 28.1 Å². The Labute approximate surface area is 205 Å². The van der Waals surface area contributed by atoms with E-state index in [-0.39, 0.29) is 28.1 Å². The number of Topliss-reactive ketones (excluding diaryl/α,β-unsaturated/α-hetero) is 1. The lowest BCUT2D eigenvalue weighted by Gasteiger charge is -2.62. The van der Waals surface area contributed by atoms with E-state index in [1.165, 1.54) is 0 Å². The first-order chi connectivity index (χ1) is 15.7. The SMILES string of the molecule is CC(/C=C/C=C(C)/C=C/C=C(\C)C(=O)O)=C1/C(=O)C[C@H]2[C@@]3(C)CC[C@H](O)C(C)(C)[C@@H]3CC[C@]12C. The van der Waals surface area contributed by atoms with Gasteiger partial charge < -0.3 is 10.2 Å². The summed E-state index contributed by atoms with van der Waals surface area (Å²) in [5, 5.41) is 19.6. The highest BCUT2D eigenvalue weighted by molar-refractivity contribution is 6.00. The summed E-state index contributed by atoms with van der Waals surface area (Å²) in [6.07, 6.45) is 15.4. The third kappa shape index (κ3) is 4.54. The van der Waals surface area contributed by atoms with Crippen LogP contribution in [0.5, 0.6) is 0 Å². The van der Waals surface area contributed by atoms with Crippen LogP contribution in [0.4, 0.5) is 0 Å². The van der Waals surface area contributed by atoms with Crippen LogP contribution in [-0.4, -0.2) is 28.1 Å². The molecule has 4 nitrogen and oxygen atoms in total. The monoisotopic (exact) mass is 466 g/mol. The molecule has 0 amide bonds. The number of carbonyl (C=O) groups excluding carboxylic acids is 1. The van der Waals surface area contributed by atoms with E-state index in [4.69, 9.17) is 5.11 Å². The minimum absolute atomic E-state index is 0.0695. The van der Waals surface area contributed by atoms with Crippen LogP contribution >= 0.6 is 0 Å². The fourth-order valence-electron chi connectivity index (χ4n) is 7.47. The number of allylic oxidation sites excluding steroid dienone is 9. The van der Waals surface area contributed by atoms with Crippen LogP contribution in [-0.2, 0) is 9.59 Å². The van der Waals surface area contributed by atoms with Crippen LogP contribution in [0.25, 0.3) is 0 Å². The quantitative estimate of drug-likeness (QED) is 0.354. The topological polar surface area (TPSA) is 74.6 Å². The maximum atomic E-state index is 13.4. The molecule has 3 aliphatic rings. The van der Waals surface area contributed by atoms with Crippen molar-refractivity contribution >= 4 is 11.8 Å². The molecule has 5 atom stereocenters. The van der Waals surface area contributed by atoms with Gasteiger partial charge in [-0.15, -0.1) is 0 Å². The predicted octanol–water partition coefficient (Wildman–Crippen LogP) is 6.59. The summed E-state index contributed by atoms with van der Waals surface area (Å²) in [5.41, 5.74) is 3.17. The third-order valence-electron chi connectivity index (χ3n) is 9.41. The number of carboxylic acid groups (broad SMARTS) is 1. The van der Waals surface area contributed by atoms with Gasteiger partial charge in [-0.05, 0) is 74.7 Å². The van der Waals surface area contributed by atoms with Crippen molar-refractivity contribution in [2.45, 2.75) is 86.7 Å². The first kappa shape index (κ1) is 26.4. The minimum atomic E-state index is -0.919. The van der Waals surface area contributed by atoms with Gasteiger partial charge in [0.2, 0.25) is 0 Å². The zero-order valence-corrected chi connectivity index (χ0v) is 21.9. The summed E-state index contributed by atoms with van der Waals surface area (Å²) in [7, 11) is 0. The minimum Gasteiger partial charge on any atom is -0.478 e. The number of carbonyl (C=O) groups is 2. The first-order valence-electron chi connectivity index (χ1n) is 12.6. The highest BCUT2D eigenvalue weighted by atomic mass is 16.4. The molecule has 2 N–H and O–H groups in total. The summed E-state index contributed by atoms with van der Waals surface area (Å²) < 4.78 is 0. The number of carboxylic acids is 1. The number of rotatable bonds is 5. The highest BCUT2D eigenvalue weighted by Gasteiger charge is 2.64. The highest BCUT2D eigenvalue weighted by Crippen LogP contribution is 2.69. The standard InChI is InChI=1S/C30H42O4/c1-19(11-9-13-21(3)27(33)34)10-8-12-20(2)26-22(31)18-24-29(6)17-15-25(32)28(4,5)23(29)14-16-30(24,26)7/h8-13,23-25,32H,14-18H2,1-7H3,(H,33,34)/b11-9+,12-8+,19-10+,21-13+,26-20+/t23-,24-,25-,29-,30-/m0/s1. The Hall–Kier alpha value is -2.20. The lowest BCUT2D eigenvalue weighted by molar-refractivity contribution is -0.157. The largest absolute Gasteiger partial charge is 0.478 e. The van der Waals surface area contributed by atoms with Gasteiger partial charge in [-0.2, -0.15) is 0 Å². The van der Waals surface area contributed by atoms with Crippen LogP contribution in [0.15, 0.2) is 58.7 Å². The number of aliphatic hydroxyl groups is 1. The summed E-state index contributed by atoms with van der Waals surface area (Å²) in [5.74, 6) is 0.120. The summed E-state index contributed by atoms with van der Waals surface area (Å²) in [4.78, 5) is 24.2. The Bertz CT molecular complexity index is 1000. The second-order valence-corrected chi connectivity index (χ2v) is 11.9. The molecule has 3 saturated carbocycles. The van der Waals surface area contributed by atoms with E-state index in [9.17, 15) is 14.7 Å². The lowest BCUT2D eigenvalue weighted by Crippen LogP contribution is -2.57. The molecule has 186 valence electrons. The summed E-state index contributed by atoms with van der Waals surface area (Å²) >= 11 is 0. The van der Waals surface area contributed by atoms with Crippen molar-refractivity contribution in [1.82, 2.24) is 0 Å². The Morgan fingerprint density at radius 3 is 2.24 bits per heavy atom. The molecular formula is C30H42O4. The third-order valence-corrected chi connectivity index (χ3v) is 9.41. The van der Waals surface area contributed by atoms with E-state index in [0.717, 1.165) is 42.4 Å². The van der Waals surface area contributed by atoms with Gasteiger partial charge in [0.05, 0.1) is 6.10 Å². The van der Waals surface area contributed by atoms with Crippen LogP contribution in [0.1, 0.15) is 80.6 Å². The molecule has 0 spiro atoms. The van der Waals surface area contributed by atoms with Crippen LogP contribution < -0.4 is 0 Å². The molecule has 0 aromatic rings. The number of fused-ring (bicyclic) bond motifs is 3. The molecule has 0 saturated heterocycles. The molecular weight excluding hydrogens is 424 g/mol. The Morgan fingerprint density at radius 2 is 1.59 bits per heavy atom. The molecule has 34 heavy (non-hydrogen) atoms. The number of hydrogen-bond acceptors (Lipinski definition) is 3. The van der Waals surface area contributed by atoms with E-state index < -0.39 is 5.97 Å². The maximum Gasteiger partial charge on any atom is 0.331 e. The number of aliphatic carboxylic acids is 1. The second-order valence-electron chi connectivity index (χ2n) is 11.9. The molecule has 3 fully saturated rings. The second kappa shape index (κ2) is 9.45. The van der Waals surface area contributed by atoms with Gasteiger partial charge in [-0.25, -0.2) is 4.79 Å². The van der Waals surface area contributed by atoms with E-state index in [0.29, 0.717) is 23.8 Å². The molecule has 0 bridgehead atoms. The molecule has 0 radical (unpaired) electrons. The van der Waals surface area contributed by atoms with Crippen molar-refractivity contribution in [1.29, 1.82) is 0 Å². The van der Waals surface area contributed by atoms with E-state index >= 15 is 0 Å². The van der Waals surface area contributed by atoms with Crippen LogP contribution in [0.3, 0.4) is 0 Å². The predicted molar refractivity (Wildman–Crippen MR) is 137 cm³/mol. The van der Waals surface area contributed by atoms with E-state index in [1.54, 1.807) is 19.1 Å². The zero-order valence-electron chi connectivity index (χ0n) is 21.9. The van der Waals surface area contributed by atoms with Crippen LogP contribution in [0.2, 0.25) is 0 Å². The molecule has 0 heterocycles. The van der Waals surface area contributed by atoms with Crippen LogP contribution in [0, 0.1) is 28.1 Å². The van der Waals surface area contributed by atoms with Gasteiger partial charge in [0.1, 0.15) is 0 Å². The lowest BCUT2D eigenvalue weighted by atomic mass is 9.43. The van der Waals surface area contributed by atoms with Gasteiger partial charge in [0, 0.05) is 23.0 Å². The Kier molecular flexibility index (Phi) is 7.34. The van der Waals surface area contributed by atoms with Gasteiger partial charge in [0.25, 0.3) is 0 Å². The van der Waals surface area contributed by atoms with E-state index in [2.05, 4.69) is 34.6 Å². The van der Waals surface area contributed by atoms with Gasteiger partial charge >= 0.3 is 5.97 Å². The average molecular weight is 467 g/mol. The van der Waals surface area contributed by atoms with E-state index in [1.807, 2.05) is 31.2 Å². The summed E-state index contributed by atoms with van der Waals surface area (Å²) in [6, 6.07) is 0. The smallest absolute Gasteiger partial charge is 0.331 e. The molecule has 0 unspecified atom stereocenters. The Balaban J connectivity index is 1.85. The number of aliphatic hydroxyl groups excluding tert-OH is 1. The molecule has 3 aliphatic carbocycles. The molecule has 4 heteroatoms. The Morgan fingerprint density at radius 1 is 0.941 bits per heavy atom. The van der Waals surface area contributed by atoms with Crippen molar-refractivity contribution < 1.29 is 19.8 Å².